The molecule has 0 aliphatic rings. The molecule has 0 spiro atoms. The molecular weight excluding hydrogens is 325 g/mol. The predicted octanol–water partition coefficient (Wildman–Crippen LogP) is 4.34. The highest BCUT2D eigenvalue weighted by Crippen LogP contribution is 2.23. The van der Waals surface area contributed by atoms with Gasteiger partial charge in [-0.3, -0.25) is 4.79 Å². The van der Waals surface area contributed by atoms with Gasteiger partial charge in [-0.1, -0.05) is 15.9 Å². The first-order valence-corrected chi connectivity index (χ1v) is 6.94. The molecule has 104 valence electrons. The van der Waals surface area contributed by atoms with Crippen LogP contribution in [0.3, 0.4) is 0 Å². The zero-order valence-electron chi connectivity index (χ0n) is 10.8. The Morgan fingerprint density at radius 3 is 2.10 bits per heavy atom. The van der Waals surface area contributed by atoms with Gasteiger partial charge in [0.25, 0.3) is 0 Å². The van der Waals surface area contributed by atoms with E-state index >= 15 is 0 Å². The lowest BCUT2D eigenvalue weighted by Gasteiger charge is -2.09. The van der Waals surface area contributed by atoms with Gasteiger partial charge in [0.15, 0.2) is 0 Å². The first-order chi connectivity index (χ1) is 9.54. The fourth-order valence-corrected chi connectivity index (χ4v) is 1.60. The zero-order valence-corrected chi connectivity index (χ0v) is 12.4. The van der Waals surface area contributed by atoms with Crippen molar-refractivity contribution in [3.8, 4) is 11.5 Å². The van der Waals surface area contributed by atoms with Crippen molar-refractivity contribution < 1.29 is 13.9 Å². The number of nitrogens with one attached hydrogen (secondary N) is 1. The number of carbonyl (C=O) groups excluding carboxylic acids is 1. The molecule has 1 amide bonds. The van der Waals surface area contributed by atoms with Gasteiger partial charge < -0.3 is 10.1 Å². The summed E-state index contributed by atoms with van der Waals surface area (Å²) < 4.78 is 18.3. The van der Waals surface area contributed by atoms with Crippen LogP contribution >= 0.6 is 15.9 Å². The topological polar surface area (TPSA) is 38.3 Å². The van der Waals surface area contributed by atoms with Crippen molar-refractivity contribution in [3.63, 3.8) is 0 Å². The van der Waals surface area contributed by atoms with Crippen molar-refractivity contribution in [1.82, 2.24) is 0 Å². The number of carbonyl (C=O) groups is 1. The molecule has 5 heteroatoms. The average molecular weight is 338 g/mol. The molecule has 20 heavy (non-hydrogen) atoms. The molecule has 1 N–H and O–H groups in total. The quantitative estimate of drug-likeness (QED) is 0.842. The maximum atomic E-state index is 12.8. The molecule has 0 fully saturated rings. The minimum atomic E-state index is -0.306. The van der Waals surface area contributed by atoms with Crippen LogP contribution in [0.1, 0.15) is 6.92 Å². The van der Waals surface area contributed by atoms with Gasteiger partial charge in [0.2, 0.25) is 5.91 Å². The lowest BCUT2D eigenvalue weighted by atomic mass is 10.3. The van der Waals surface area contributed by atoms with E-state index in [1.165, 1.54) is 12.1 Å². The highest BCUT2D eigenvalue weighted by Gasteiger charge is 2.08. The highest BCUT2D eigenvalue weighted by molar-refractivity contribution is 9.10. The molecule has 0 heterocycles. The van der Waals surface area contributed by atoms with Crippen molar-refractivity contribution >= 4 is 27.5 Å². The van der Waals surface area contributed by atoms with E-state index < -0.39 is 0 Å². The second kappa shape index (κ2) is 6.52. The van der Waals surface area contributed by atoms with Crippen LogP contribution in [0, 0.1) is 5.82 Å². The third-order valence-corrected chi connectivity index (χ3v) is 2.95. The molecule has 2 aromatic carbocycles. The van der Waals surface area contributed by atoms with Gasteiger partial charge >= 0.3 is 0 Å². The molecular formula is C15H13BrFNO2. The Hall–Kier alpha value is -1.88. The van der Waals surface area contributed by atoms with Crippen molar-refractivity contribution in [2.24, 2.45) is 0 Å². The van der Waals surface area contributed by atoms with Crippen LogP contribution in [0.5, 0.6) is 11.5 Å². The first-order valence-electron chi connectivity index (χ1n) is 6.03. The van der Waals surface area contributed by atoms with Gasteiger partial charge in [-0.2, -0.15) is 0 Å². The Morgan fingerprint density at radius 1 is 1.10 bits per heavy atom. The van der Waals surface area contributed by atoms with Crippen molar-refractivity contribution in [1.29, 1.82) is 0 Å². The second-order valence-electron chi connectivity index (χ2n) is 4.19. The van der Waals surface area contributed by atoms with Crippen molar-refractivity contribution in [2.45, 2.75) is 11.8 Å². The van der Waals surface area contributed by atoms with Gasteiger partial charge in [-0.15, -0.1) is 0 Å². The number of alkyl halides is 1. The maximum absolute atomic E-state index is 12.8. The molecule has 1 atom stereocenters. The van der Waals surface area contributed by atoms with Crippen molar-refractivity contribution in [2.75, 3.05) is 5.32 Å². The van der Waals surface area contributed by atoms with Gasteiger partial charge in [-0.05, 0) is 55.5 Å². The molecule has 0 bridgehead atoms. The Kier molecular flexibility index (Phi) is 4.74. The van der Waals surface area contributed by atoms with Crippen LogP contribution in [-0.4, -0.2) is 10.7 Å². The van der Waals surface area contributed by atoms with E-state index in [1.807, 2.05) is 0 Å². The molecule has 0 saturated heterocycles. The van der Waals surface area contributed by atoms with Crippen LogP contribution in [-0.2, 0) is 4.79 Å². The van der Waals surface area contributed by atoms with Crippen LogP contribution in [0.15, 0.2) is 48.5 Å². The number of amides is 1. The molecule has 0 aromatic heterocycles. The Balaban J connectivity index is 2.01. The second-order valence-corrected chi connectivity index (χ2v) is 5.56. The zero-order chi connectivity index (χ0) is 14.5. The number of ether oxygens (including phenoxy) is 1. The highest BCUT2D eigenvalue weighted by atomic mass is 79.9. The summed E-state index contributed by atoms with van der Waals surface area (Å²) in [6.45, 7) is 1.75. The van der Waals surface area contributed by atoms with Gasteiger partial charge in [0, 0.05) is 5.69 Å². The molecule has 0 aliphatic heterocycles. The molecule has 0 radical (unpaired) electrons. The molecule has 0 saturated carbocycles. The maximum Gasteiger partial charge on any atom is 0.237 e. The van der Waals surface area contributed by atoms with E-state index in [0.29, 0.717) is 17.2 Å². The van der Waals surface area contributed by atoms with Crippen LogP contribution in [0.2, 0.25) is 0 Å². The molecule has 1 unspecified atom stereocenters. The summed E-state index contributed by atoms with van der Waals surface area (Å²) in [6, 6.07) is 12.7. The van der Waals surface area contributed by atoms with Gasteiger partial charge in [0.1, 0.15) is 17.3 Å². The SMILES string of the molecule is CC(Br)C(=O)Nc1ccc(Oc2ccc(F)cc2)cc1. The minimum absolute atomic E-state index is 0.114. The van der Waals surface area contributed by atoms with E-state index in [1.54, 1.807) is 43.3 Å². The lowest BCUT2D eigenvalue weighted by molar-refractivity contribution is -0.115. The smallest absolute Gasteiger partial charge is 0.237 e. The van der Waals surface area contributed by atoms with Crippen molar-refractivity contribution in [3.05, 3.63) is 54.3 Å². The Morgan fingerprint density at radius 2 is 1.60 bits per heavy atom. The van der Waals surface area contributed by atoms with Crippen LogP contribution in [0.25, 0.3) is 0 Å². The number of hydrogen-bond acceptors (Lipinski definition) is 2. The summed E-state index contributed by atoms with van der Waals surface area (Å²) >= 11 is 3.19. The summed E-state index contributed by atoms with van der Waals surface area (Å²) in [5.41, 5.74) is 0.688. The van der Waals surface area contributed by atoms with E-state index in [4.69, 9.17) is 4.74 Å². The van der Waals surface area contributed by atoms with Gasteiger partial charge in [-0.25, -0.2) is 4.39 Å². The van der Waals surface area contributed by atoms with E-state index in [2.05, 4.69) is 21.2 Å². The Bertz CT molecular complexity index is 582. The average Bonchev–Trinajstić information content (AvgIpc) is 2.43. The summed E-state index contributed by atoms with van der Waals surface area (Å²) in [4.78, 5) is 11.2. The number of hydrogen-bond donors (Lipinski definition) is 1. The largest absolute Gasteiger partial charge is 0.457 e. The third kappa shape index (κ3) is 4.06. The molecule has 2 rings (SSSR count). The summed E-state index contributed by atoms with van der Waals surface area (Å²) in [7, 11) is 0. The summed E-state index contributed by atoms with van der Waals surface area (Å²) in [5.74, 6) is 0.746. The lowest BCUT2D eigenvalue weighted by Crippen LogP contribution is -2.19. The molecule has 2 aromatic rings. The third-order valence-electron chi connectivity index (χ3n) is 2.53. The van der Waals surface area contributed by atoms with E-state index in [-0.39, 0.29) is 16.6 Å². The predicted molar refractivity (Wildman–Crippen MR) is 79.9 cm³/mol. The van der Waals surface area contributed by atoms with E-state index in [0.717, 1.165) is 0 Å². The molecule has 0 aliphatic carbocycles. The fourth-order valence-electron chi connectivity index (χ4n) is 1.49. The summed E-state index contributed by atoms with van der Waals surface area (Å²) in [5, 5.41) is 2.75. The minimum Gasteiger partial charge on any atom is -0.457 e. The number of anilines is 1. The normalized spacial score (nSPS) is 11.8. The van der Waals surface area contributed by atoms with Crippen LogP contribution < -0.4 is 10.1 Å². The number of benzene rings is 2. The summed E-state index contributed by atoms with van der Waals surface area (Å²) in [6.07, 6.45) is 0. The first kappa shape index (κ1) is 14.5. The number of halogens is 2. The Labute approximate surface area is 124 Å². The standard InChI is InChI=1S/C15H13BrFNO2/c1-10(16)15(19)18-12-4-8-14(9-5-12)20-13-6-2-11(17)3-7-13/h2-10H,1H3,(H,18,19). The van der Waals surface area contributed by atoms with Gasteiger partial charge in [0.05, 0.1) is 4.83 Å². The van der Waals surface area contributed by atoms with E-state index in [9.17, 15) is 9.18 Å². The monoisotopic (exact) mass is 337 g/mol. The molecule has 3 nitrogen and oxygen atoms in total. The van der Waals surface area contributed by atoms with Crippen LogP contribution in [0.4, 0.5) is 10.1 Å². The number of rotatable bonds is 4. The fraction of sp³-hybridized carbons (Fsp3) is 0.133.